The number of aromatic nitrogens is 2. The minimum absolute atomic E-state index is 0.222. The summed E-state index contributed by atoms with van der Waals surface area (Å²) in [5, 5.41) is 3.66. The fraction of sp³-hybridized carbons (Fsp3) is 0.0357. The molecule has 6 heteroatoms. The molecule has 0 saturated heterocycles. The van der Waals surface area contributed by atoms with Gasteiger partial charge >= 0.3 is 0 Å². The molecule has 1 amide bonds. The van der Waals surface area contributed by atoms with E-state index in [1.807, 2.05) is 55.5 Å². The van der Waals surface area contributed by atoms with Crippen molar-refractivity contribution < 1.29 is 9.18 Å². The van der Waals surface area contributed by atoms with Crippen LogP contribution in [0.3, 0.4) is 0 Å². The van der Waals surface area contributed by atoms with Gasteiger partial charge in [-0.3, -0.25) is 4.79 Å². The Hall–Kier alpha value is -4.16. The second-order valence-corrected chi connectivity index (χ2v) is 8.82. The Balaban J connectivity index is 1.56. The monoisotopic (exact) mass is 465 g/mol. The number of nitrogens with one attached hydrogen (secondary N) is 1. The van der Waals surface area contributed by atoms with Crippen molar-refractivity contribution in [2.24, 2.45) is 0 Å². The fourth-order valence-corrected chi connectivity index (χ4v) is 4.73. The number of hydrogen-bond acceptors (Lipinski definition) is 4. The number of carbonyl (C=O) groups is 1. The van der Waals surface area contributed by atoms with Crippen LogP contribution < -0.4 is 5.32 Å². The number of thiazole rings is 1. The first-order valence-corrected chi connectivity index (χ1v) is 11.5. The highest BCUT2D eigenvalue weighted by atomic mass is 32.1. The van der Waals surface area contributed by atoms with Gasteiger partial charge in [0.2, 0.25) is 0 Å². The van der Waals surface area contributed by atoms with Crippen LogP contribution in [-0.2, 0) is 0 Å². The van der Waals surface area contributed by atoms with Gasteiger partial charge in [-0.25, -0.2) is 14.4 Å². The molecule has 1 N–H and O–H groups in total. The summed E-state index contributed by atoms with van der Waals surface area (Å²) in [7, 11) is 0. The van der Waals surface area contributed by atoms with Gasteiger partial charge in [0.15, 0.2) is 0 Å². The van der Waals surface area contributed by atoms with Crippen LogP contribution >= 0.6 is 11.3 Å². The van der Waals surface area contributed by atoms with Gasteiger partial charge in [0.05, 0.1) is 10.6 Å². The van der Waals surface area contributed by atoms with Crippen molar-refractivity contribution >= 4 is 23.1 Å². The molecule has 0 aliphatic carbocycles. The standard InChI is InChI=1S/C28H20FN3OS/c1-18-6-5-9-21(16-18)25-26(34-28(32-25)20-10-12-23(29)13-11-20)22-14-15-30-24(17-22)31-27(33)19-7-3-2-4-8-19/h2-17H,1H3,(H,30,31,33). The maximum atomic E-state index is 13.5. The second kappa shape index (κ2) is 9.37. The van der Waals surface area contributed by atoms with Gasteiger partial charge in [0, 0.05) is 22.9 Å². The number of aryl methyl sites for hydroxylation is 1. The Morgan fingerprint density at radius 1 is 0.853 bits per heavy atom. The van der Waals surface area contributed by atoms with Gasteiger partial charge in [-0.1, -0.05) is 42.0 Å². The summed E-state index contributed by atoms with van der Waals surface area (Å²) >= 11 is 1.52. The lowest BCUT2D eigenvalue weighted by Crippen LogP contribution is -2.12. The van der Waals surface area contributed by atoms with Gasteiger partial charge in [-0.15, -0.1) is 11.3 Å². The van der Waals surface area contributed by atoms with Gasteiger partial charge in [0.1, 0.15) is 16.6 Å². The Morgan fingerprint density at radius 3 is 2.41 bits per heavy atom. The number of carbonyl (C=O) groups excluding carboxylic acids is 1. The summed E-state index contributed by atoms with van der Waals surface area (Å²) in [4.78, 5) is 22.8. The Kier molecular flexibility index (Phi) is 5.97. The number of rotatable bonds is 5. The minimum Gasteiger partial charge on any atom is -0.307 e. The van der Waals surface area contributed by atoms with E-state index in [1.54, 1.807) is 30.5 Å². The summed E-state index contributed by atoms with van der Waals surface area (Å²) in [5.74, 6) is -0.0499. The number of hydrogen-bond donors (Lipinski definition) is 1. The van der Waals surface area contributed by atoms with E-state index in [4.69, 9.17) is 4.98 Å². The van der Waals surface area contributed by atoms with E-state index in [0.29, 0.717) is 11.4 Å². The normalized spacial score (nSPS) is 10.8. The number of nitrogens with zero attached hydrogens (tertiary/aromatic N) is 2. The zero-order chi connectivity index (χ0) is 23.5. The van der Waals surface area contributed by atoms with Crippen LogP contribution in [0.25, 0.3) is 32.3 Å². The van der Waals surface area contributed by atoms with Gasteiger partial charge in [0.25, 0.3) is 5.91 Å². The molecule has 0 aliphatic heterocycles. The van der Waals surface area contributed by atoms with Gasteiger partial charge in [-0.05, 0) is 67.1 Å². The fourth-order valence-electron chi connectivity index (χ4n) is 3.64. The molecule has 34 heavy (non-hydrogen) atoms. The van der Waals surface area contributed by atoms with Crippen molar-refractivity contribution in [3.63, 3.8) is 0 Å². The molecule has 3 aromatic carbocycles. The molecule has 4 nitrogen and oxygen atoms in total. The van der Waals surface area contributed by atoms with Crippen molar-refractivity contribution in [2.75, 3.05) is 5.32 Å². The summed E-state index contributed by atoms with van der Waals surface area (Å²) in [5.41, 5.74) is 5.25. The second-order valence-electron chi connectivity index (χ2n) is 7.82. The molecular formula is C28H20FN3OS. The van der Waals surface area contributed by atoms with Crippen molar-refractivity contribution in [3.8, 4) is 32.3 Å². The summed E-state index contributed by atoms with van der Waals surface area (Å²) < 4.78 is 13.5. The van der Waals surface area contributed by atoms with Crippen molar-refractivity contribution in [2.45, 2.75) is 6.92 Å². The van der Waals surface area contributed by atoms with Crippen molar-refractivity contribution in [1.29, 1.82) is 0 Å². The third-order valence-electron chi connectivity index (χ3n) is 5.31. The molecule has 0 fully saturated rings. The quantitative estimate of drug-likeness (QED) is 0.298. The number of pyridine rings is 1. The molecular weight excluding hydrogens is 445 g/mol. The third kappa shape index (κ3) is 4.63. The molecule has 0 radical (unpaired) electrons. The lowest BCUT2D eigenvalue weighted by Gasteiger charge is -2.07. The lowest BCUT2D eigenvalue weighted by molar-refractivity contribution is 0.102. The highest BCUT2D eigenvalue weighted by Gasteiger charge is 2.17. The Labute approximate surface area is 200 Å². The molecule has 0 aliphatic rings. The van der Waals surface area contributed by atoms with Crippen molar-refractivity contribution in [3.05, 3.63) is 114 Å². The predicted octanol–water partition coefficient (Wildman–Crippen LogP) is 7.24. The molecule has 5 rings (SSSR count). The molecule has 0 spiro atoms. The number of halogens is 1. The topological polar surface area (TPSA) is 54.9 Å². The van der Waals surface area contributed by atoms with Crippen LogP contribution in [0.5, 0.6) is 0 Å². The highest BCUT2D eigenvalue weighted by Crippen LogP contribution is 2.41. The SMILES string of the molecule is Cc1cccc(-c2nc(-c3ccc(F)cc3)sc2-c2ccnc(NC(=O)c3ccccc3)c2)c1. The summed E-state index contributed by atoms with van der Waals surface area (Å²) in [6.07, 6.45) is 1.67. The van der Waals surface area contributed by atoms with Gasteiger partial charge in [-0.2, -0.15) is 0 Å². The first kappa shape index (κ1) is 21.7. The molecule has 0 bridgehead atoms. The smallest absolute Gasteiger partial charge is 0.256 e. The first-order valence-electron chi connectivity index (χ1n) is 10.7. The van der Waals surface area contributed by atoms with Crippen LogP contribution in [-0.4, -0.2) is 15.9 Å². The number of amides is 1. The van der Waals surface area contributed by atoms with Crippen LogP contribution in [0.2, 0.25) is 0 Å². The zero-order valence-electron chi connectivity index (χ0n) is 18.3. The molecule has 0 unspecified atom stereocenters. The van der Waals surface area contributed by atoms with Crippen LogP contribution in [0.4, 0.5) is 10.2 Å². The average molecular weight is 466 g/mol. The Bertz CT molecular complexity index is 1460. The Morgan fingerprint density at radius 2 is 1.65 bits per heavy atom. The lowest BCUT2D eigenvalue weighted by atomic mass is 10.1. The summed E-state index contributed by atoms with van der Waals surface area (Å²) in [6.45, 7) is 2.04. The molecule has 5 aromatic rings. The molecule has 0 atom stereocenters. The predicted molar refractivity (Wildman–Crippen MR) is 135 cm³/mol. The van der Waals surface area contributed by atoms with E-state index >= 15 is 0 Å². The van der Waals surface area contributed by atoms with E-state index in [-0.39, 0.29) is 11.7 Å². The maximum absolute atomic E-state index is 13.5. The average Bonchev–Trinajstić information content (AvgIpc) is 3.31. The third-order valence-corrected chi connectivity index (χ3v) is 6.46. The summed E-state index contributed by atoms with van der Waals surface area (Å²) in [6, 6.07) is 27.3. The number of benzene rings is 3. The van der Waals surface area contributed by atoms with E-state index < -0.39 is 0 Å². The maximum Gasteiger partial charge on any atom is 0.256 e. The molecule has 166 valence electrons. The van der Waals surface area contributed by atoms with Crippen LogP contribution in [0, 0.1) is 12.7 Å². The zero-order valence-corrected chi connectivity index (χ0v) is 19.1. The van der Waals surface area contributed by atoms with E-state index in [2.05, 4.69) is 16.4 Å². The molecule has 0 saturated carbocycles. The van der Waals surface area contributed by atoms with Gasteiger partial charge < -0.3 is 5.32 Å². The minimum atomic E-state index is -0.285. The van der Waals surface area contributed by atoms with Crippen molar-refractivity contribution in [1.82, 2.24) is 9.97 Å². The number of anilines is 1. The highest BCUT2D eigenvalue weighted by molar-refractivity contribution is 7.19. The molecule has 2 aromatic heterocycles. The van der Waals surface area contributed by atoms with Crippen LogP contribution in [0.1, 0.15) is 15.9 Å². The largest absolute Gasteiger partial charge is 0.307 e. The van der Waals surface area contributed by atoms with E-state index in [9.17, 15) is 9.18 Å². The molecule has 2 heterocycles. The van der Waals surface area contributed by atoms with Crippen LogP contribution in [0.15, 0.2) is 97.2 Å². The van der Waals surface area contributed by atoms with E-state index in [1.165, 1.54) is 23.5 Å². The van der Waals surface area contributed by atoms with E-state index in [0.717, 1.165) is 37.8 Å². The first-order chi connectivity index (χ1) is 16.6.